The Morgan fingerprint density at radius 1 is 1.19 bits per heavy atom. The number of nitrogens with one attached hydrogen (secondary N) is 1. The molecule has 0 bridgehead atoms. The average molecular weight is 328 g/mol. The maximum absolute atomic E-state index is 13.9. The van der Waals surface area contributed by atoms with E-state index in [4.69, 9.17) is 34.1 Å². The lowest BCUT2D eigenvalue weighted by Crippen LogP contribution is -2.14. The second-order valence-corrected chi connectivity index (χ2v) is 5.18. The second kappa shape index (κ2) is 6.65. The van der Waals surface area contributed by atoms with Crippen molar-refractivity contribution >= 4 is 34.7 Å². The van der Waals surface area contributed by atoms with Gasteiger partial charge in [0.15, 0.2) is 5.84 Å². The van der Waals surface area contributed by atoms with Gasteiger partial charge in [0.25, 0.3) is 0 Å². The second-order valence-electron chi connectivity index (χ2n) is 4.30. The highest BCUT2D eigenvalue weighted by Crippen LogP contribution is 2.23. The Bertz CT molecular complexity index is 672. The van der Waals surface area contributed by atoms with Crippen molar-refractivity contribution in [3.8, 4) is 0 Å². The number of anilines is 1. The maximum atomic E-state index is 13.9. The van der Waals surface area contributed by atoms with Gasteiger partial charge in [-0.15, -0.1) is 0 Å². The first kappa shape index (κ1) is 15.4. The molecular weight excluding hydrogens is 316 g/mol. The van der Waals surface area contributed by atoms with Crippen LogP contribution in [0.25, 0.3) is 0 Å². The first-order valence-corrected chi connectivity index (χ1v) is 6.71. The standard InChI is InChI=1S/C14H12Cl2FN3O/c15-10-4-11(16)6-12(5-10)19-7-9-2-1-8(3-13(9)17)14(18)20-21/h1-6,19,21H,7H2,(H2,18,20). The average Bonchev–Trinajstić information content (AvgIpc) is 2.44. The normalized spacial score (nSPS) is 11.5. The van der Waals surface area contributed by atoms with Crippen molar-refractivity contribution in [1.82, 2.24) is 0 Å². The molecule has 0 atom stereocenters. The van der Waals surface area contributed by atoms with Crippen molar-refractivity contribution in [2.45, 2.75) is 6.54 Å². The van der Waals surface area contributed by atoms with Crippen LogP contribution in [0, 0.1) is 5.82 Å². The van der Waals surface area contributed by atoms with Gasteiger partial charge in [0.05, 0.1) is 0 Å². The molecule has 21 heavy (non-hydrogen) atoms. The van der Waals surface area contributed by atoms with Crippen LogP contribution >= 0.6 is 23.2 Å². The fourth-order valence-corrected chi connectivity index (χ4v) is 2.29. The highest BCUT2D eigenvalue weighted by molar-refractivity contribution is 6.35. The largest absolute Gasteiger partial charge is 0.409 e. The van der Waals surface area contributed by atoms with Crippen LogP contribution in [0.15, 0.2) is 41.6 Å². The molecular formula is C14H12Cl2FN3O. The van der Waals surface area contributed by atoms with E-state index in [-0.39, 0.29) is 12.4 Å². The Morgan fingerprint density at radius 3 is 2.43 bits per heavy atom. The van der Waals surface area contributed by atoms with Crippen LogP contribution in [-0.4, -0.2) is 11.0 Å². The zero-order valence-corrected chi connectivity index (χ0v) is 12.3. The van der Waals surface area contributed by atoms with Gasteiger partial charge in [-0.25, -0.2) is 4.39 Å². The van der Waals surface area contributed by atoms with E-state index in [1.165, 1.54) is 6.07 Å². The summed E-state index contributed by atoms with van der Waals surface area (Å²) in [4.78, 5) is 0. The van der Waals surface area contributed by atoms with Crippen LogP contribution in [0.4, 0.5) is 10.1 Å². The number of amidine groups is 1. The van der Waals surface area contributed by atoms with Crippen molar-refractivity contribution in [1.29, 1.82) is 0 Å². The lowest BCUT2D eigenvalue weighted by molar-refractivity contribution is 0.318. The minimum absolute atomic E-state index is 0.143. The van der Waals surface area contributed by atoms with Crippen molar-refractivity contribution in [3.05, 3.63) is 63.4 Å². The monoisotopic (exact) mass is 327 g/mol. The van der Waals surface area contributed by atoms with E-state index in [1.807, 2.05) is 0 Å². The van der Waals surface area contributed by atoms with Crippen LogP contribution in [0.2, 0.25) is 10.0 Å². The molecule has 0 heterocycles. The predicted molar refractivity (Wildman–Crippen MR) is 82.7 cm³/mol. The first-order valence-electron chi connectivity index (χ1n) is 5.96. The Hall–Kier alpha value is -1.98. The first-order chi connectivity index (χ1) is 9.99. The van der Waals surface area contributed by atoms with E-state index >= 15 is 0 Å². The van der Waals surface area contributed by atoms with Crippen LogP contribution in [0.3, 0.4) is 0 Å². The predicted octanol–water partition coefficient (Wildman–Crippen LogP) is 3.84. The molecule has 0 saturated carbocycles. The number of benzene rings is 2. The zero-order chi connectivity index (χ0) is 15.4. The molecule has 0 unspecified atom stereocenters. The molecule has 4 nitrogen and oxygen atoms in total. The molecule has 0 aliphatic rings. The van der Waals surface area contributed by atoms with E-state index in [0.717, 1.165) is 0 Å². The summed E-state index contributed by atoms with van der Waals surface area (Å²) < 4.78 is 13.9. The lowest BCUT2D eigenvalue weighted by atomic mass is 10.1. The molecule has 2 aromatic carbocycles. The molecule has 0 radical (unpaired) electrons. The highest BCUT2D eigenvalue weighted by atomic mass is 35.5. The fourth-order valence-electron chi connectivity index (χ4n) is 1.76. The Labute approximate surface area is 131 Å². The lowest BCUT2D eigenvalue weighted by Gasteiger charge is -2.09. The molecule has 0 aliphatic heterocycles. The maximum Gasteiger partial charge on any atom is 0.170 e. The summed E-state index contributed by atoms with van der Waals surface area (Å²) >= 11 is 11.8. The number of nitrogens with two attached hydrogens (primary N) is 1. The van der Waals surface area contributed by atoms with Gasteiger partial charge in [0.1, 0.15) is 5.82 Å². The van der Waals surface area contributed by atoms with Gasteiger partial charge < -0.3 is 16.3 Å². The summed E-state index contributed by atoms with van der Waals surface area (Å²) in [6, 6.07) is 9.33. The minimum Gasteiger partial charge on any atom is -0.409 e. The number of hydrogen-bond donors (Lipinski definition) is 3. The number of oxime groups is 1. The molecule has 2 aromatic rings. The molecule has 0 spiro atoms. The third-order valence-electron chi connectivity index (χ3n) is 2.80. The SMILES string of the molecule is NC(=NO)c1ccc(CNc2cc(Cl)cc(Cl)c2)c(F)c1. The highest BCUT2D eigenvalue weighted by Gasteiger charge is 2.07. The van der Waals surface area contributed by atoms with Crippen LogP contribution in [0.5, 0.6) is 0 Å². The zero-order valence-electron chi connectivity index (χ0n) is 10.8. The number of rotatable bonds is 4. The number of hydrogen-bond acceptors (Lipinski definition) is 3. The van der Waals surface area contributed by atoms with Crippen molar-refractivity contribution in [2.24, 2.45) is 10.9 Å². The summed E-state index contributed by atoms with van der Waals surface area (Å²) in [7, 11) is 0. The summed E-state index contributed by atoms with van der Waals surface area (Å²) in [6.07, 6.45) is 0. The van der Waals surface area contributed by atoms with Gasteiger partial charge in [0, 0.05) is 33.4 Å². The van der Waals surface area contributed by atoms with Gasteiger partial charge in [0.2, 0.25) is 0 Å². The van der Waals surface area contributed by atoms with E-state index in [9.17, 15) is 4.39 Å². The van der Waals surface area contributed by atoms with E-state index in [0.29, 0.717) is 26.9 Å². The van der Waals surface area contributed by atoms with E-state index in [1.54, 1.807) is 30.3 Å². The van der Waals surface area contributed by atoms with Crippen LogP contribution in [0.1, 0.15) is 11.1 Å². The summed E-state index contributed by atoms with van der Waals surface area (Å²) in [6.45, 7) is 0.249. The number of nitrogens with zero attached hydrogens (tertiary/aromatic N) is 1. The summed E-state index contributed by atoms with van der Waals surface area (Å²) in [5.41, 5.74) is 6.83. The Morgan fingerprint density at radius 2 is 1.86 bits per heavy atom. The molecule has 2 rings (SSSR count). The minimum atomic E-state index is -0.459. The molecule has 4 N–H and O–H groups in total. The fraction of sp³-hybridized carbons (Fsp3) is 0.0714. The Balaban J connectivity index is 2.13. The van der Waals surface area contributed by atoms with Crippen molar-refractivity contribution < 1.29 is 9.60 Å². The molecule has 0 fully saturated rings. The van der Waals surface area contributed by atoms with Gasteiger partial charge >= 0.3 is 0 Å². The molecule has 110 valence electrons. The number of halogens is 3. The third-order valence-corrected chi connectivity index (χ3v) is 3.24. The molecule has 0 aliphatic carbocycles. The van der Waals surface area contributed by atoms with Crippen molar-refractivity contribution in [3.63, 3.8) is 0 Å². The van der Waals surface area contributed by atoms with Crippen LogP contribution < -0.4 is 11.1 Å². The summed E-state index contributed by atoms with van der Waals surface area (Å²) in [5, 5.41) is 15.4. The summed E-state index contributed by atoms with van der Waals surface area (Å²) in [5.74, 6) is -0.602. The van der Waals surface area contributed by atoms with Gasteiger partial charge in [-0.05, 0) is 24.3 Å². The molecule has 7 heteroatoms. The topological polar surface area (TPSA) is 70.6 Å². The molecule has 0 amide bonds. The van der Waals surface area contributed by atoms with Gasteiger partial charge in [-0.2, -0.15) is 0 Å². The smallest absolute Gasteiger partial charge is 0.170 e. The van der Waals surface area contributed by atoms with Crippen molar-refractivity contribution in [2.75, 3.05) is 5.32 Å². The quantitative estimate of drug-likeness (QED) is 0.346. The molecule has 0 aromatic heterocycles. The van der Waals surface area contributed by atoms with Crippen LogP contribution in [-0.2, 0) is 6.54 Å². The van der Waals surface area contributed by atoms with E-state index in [2.05, 4.69) is 10.5 Å². The Kier molecular flexibility index (Phi) is 4.88. The van der Waals surface area contributed by atoms with Gasteiger partial charge in [-0.3, -0.25) is 0 Å². The van der Waals surface area contributed by atoms with Gasteiger partial charge in [-0.1, -0.05) is 40.5 Å². The molecule has 0 saturated heterocycles. The van der Waals surface area contributed by atoms with E-state index < -0.39 is 5.82 Å². The third kappa shape index (κ3) is 4.00.